The molecule has 2 aromatic rings. The van der Waals surface area contributed by atoms with Crippen molar-refractivity contribution < 1.29 is 19.1 Å². The first-order valence-corrected chi connectivity index (χ1v) is 9.70. The molecule has 1 N–H and O–H groups in total. The third-order valence-electron chi connectivity index (χ3n) is 4.63. The standard InChI is InChI=1S/C22H26N2O4/c25-21(12-7-17-27-19-8-3-1-4-9-19)23-18-13-15-24(16-14-18)22(26)28-20-10-5-2-6-11-20/h1-6,8-11,18H,7,12-17H2,(H,23,25). The summed E-state index contributed by atoms with van der Waals surface area (Å²) >= 11 is 0. The zero-order valence-electron chi connectivity index (χ0n) is 15.9. The summed E-state index contributed by atoms with van der Waals surface area (Å²) in [4.78, 5) is 26.0. The number of likely N-dealkylation sites (tertiary alicyclic amines) is 1. The first-order valence-electron chi connectivity index (χ1n) is 9.70. The first kappa shape index (κ1) is 19.7. The van der Waals surface area contributed by atoms with Crippen LogP contribution >= 0.6 is 0 Å². The van der Waals surface area contributed by atoms with Crippen molar-refractivity contribution in [3.05, 3.63) is 60.7 Å². The van der Waals surface area contributed by atoms with Gasteiger partial charge >= 0.3 is 6.09 Å². The Hall–Kier alpha value is -3.02. The fourth-order valence-electron chi connectivity index (χ4n) is 3.10. The van der Waals surface area contributed by atoms with Gasteiger partial charge in [-0.25, -0.2) is 4.79 Å². The lowest BCUT2D eigenvalue weighted by Gasteiger charge is -2.31. The summed E-state index contributed by atoms with van der Waals surface area (Å²) in [6.45, 7) is 1.67. The lowest BCUT2D eigenvalue weighted by molar-refractivity contribution is -0.122. The van der Waals surface area contributed by atoms with Crippen LogP contribution in [0.4, 0.5) is 4.79 Å². The van der Waals surface area contributed by atoms with Crippen molar-refractivity contribution >= 4 is 12.0 Å². The van der Waals surface area contributed by atoms with Crippen LogP contribution in [0.1, 0.15) is 25.7 Å². The molecule has 0 saturated carbocycles. The monoisotopic (exact) mass is 382 g/mol. The molecule has 0 bridgehead atoms. The van der Waals surface area contributed by atoms with Crippen molar-refractivity contribution in [2.45, 2.75) is 31.7 Å². The van der Waals surface area contributed by atoms with E-state index in [4.69, 9.17) is 9.47 Å². The summed E-state index contributed by atoms with van der Waals surface area (Å²) in [6, 6.07) is 18.7. The van der Waals surface area contributed by atoms with E-state index in [0.29, 0.717) is 38.3 Å². The number of para-hydroxylation sites is 2. The van der Waals surface area contributed by atoms with E-state index < -0.39 is 0 Å². The third-order valence-corrected chi connectivity index (χ3v) is 4.63. The van der Waals surface area contributed by atoms with Gasteiger partial charge in [-0.3, -0.25) is 4.79 Å². The number of benzene rings is 2. The molecule has 2 aromatic carbocycles. The molecule has 6 heteroatoms. The van der Waals surface area contributed by atoms with Gasteiger partial charge in [-0.2, -0.15) is 0 Å². The molecule has 1 heterocycles. The van der Waals surface area contributed by atoms with Gasteiger partial charge in [0.2, 0.25) is 5.91 Å². The Morgan fingerprint density at radius 3 is 2.18 bits per heavy atom. The number of carbonyl (C=O) groups is 2. The van der Waals surface area contributed by atoms with E-state index in [1.807, 2.05) is 48.5 Å². The maximum Gasteiger partial charge on any atom is 0.415 e. The molecule has 28 heavy (non-hydrogen) atoms. The minimum absolute atomic E-state index is 0.0296. The van der Waals surface area contributed by atoms with E-state index in [1.165, 1.54) is 0 Å². The minimum atomic E-state index is -0.339. The van der Waals surface area contributed by atoms with Crippen LogP contribution in [-0.4, -0.2) is 42.6 Å². The normalized spacial score (nSPS) is 14.4. The number of carbonyl (C=O) groups excluding carboxylic acids is 2. The molecule has 0 aromatic heterocycles. The second-order valence-corrected chi connectivity index (χ2v) is 6.77. The fraction of sp³-hybridized carbons (Fsp3) is 0.364. The van der Waals surface area contributed by atoms with Crippen LogP contribution in [0.25, 0.3) is 0 Å². The van der Waals surface area contributed by atoms with Crippen molar-refractivity contribution in [3.63, 3.8) is 0 Å². The van der Waals surface area contributed by atoms with Crippen LogP contribution < -0.4 is 14.8 Å². The maximum absolute atomic E-state index is 12.2. The average Bonchev–Trinajstić information content (AvgIpc) is 2.73. The molecular formula is C22H26N2O4. The second kappa shape index (κ2) is 10.3. The number of nitrogens with one attached hydrogen (secondary N) is 1. The highest BCUT2D eigenvalue weighted by atomic mass is 16.6. The molecule has 6 nitrogen and oxygen atoms in total. The average molecular weight is 382 g/mol. The summed E-state index contributed by atoms with van der Waals surface area (Å²) in [5, 5.41) is 3.05. The molecule has 0 spiro atoms. The molecular weight excluding hydrogens is 356 g/mol. The van der Waals surface area contributed by atoms with Gasteiger partial charge < -0.3 is 19.7 Å². The van der Waals surface area contributed by atoms with Gasteiger partial charge in [-0.1, -0.05) is 36.4 Å². The third kappa shape index (κ3) is 6.30. The van der Waals surface area contributed by atoms with Crippen molar-refractivity contribution in [2.75, 3.05) is 19.7 Å². The second-order valence-electron chi connectivity index (χ2n) is 6.77. The molecule has 1 aliphatic rings. The summed E-state index contributed by atoms with van der Waals surface area (Å²) in [6.07, 6.45) is 2.23. The van der Waals surface area contributed by atoms with E-state index in [-0.39, 0.29) is 18.0 Å². The lowest BCUT2D eigenvalue weighted by Crippen LogP contribution is -2.47. The molecule has 0 unspecified atom stereocenters. The number of piperidine rings is 1. The van der Waals surface area contributed by atoms with Crippen molar-refractivity contribution in [3.8, 4) is 11.5 Å². The van der Waals surface area contributed by atoms with Gasteiger partial charge in [-0.05, 0) is 43.5 Å². The number of nitrogens with zero attached hydrogens (tertiary/aromatic N) is 1. The van der Waals surface area contributed by atoms with Crippen molar-refractivity contribution in [1.29, 1.82) is 0 Å². The van der Waals surface area contributed by atoms with E-state index in [2.05, 4.69) is 5.32 Å². The molecule has 0 radical (unpaired) electrons. The first-order chi connectivity index (χ1) is 13.7. The lowest BCUT2D eigenvalue weighted by atomic mass is 10.1. The Labute approximate surface area is 165 Å². The maximum atomic E-state index is 12.2. The van der Waals surface area contributed by atoms with E-state index in [9.17, 15) is 9.59 Å². The minimum Gasteiger partial charge on any atom is -0.494 e. The zero-order valence-corrected chi connectivity index (χ0v) is 15.9. The Morgan fingerprint density at radius 1 is 0.929 bits per heavy atom. The molecule has 2 amide bonds. The molecule has 148 valence electrons. The van der Waals surface area contributed by atoms with Crippen LogP contribution in [0.3, 0.4) is 0 Å². The van der Waals surface area contributed by atoms with E-state index >= 15 is 0 Å². The quantitative estimate of drug-likeness (QED) is 0.743. The number of rotatable bonds is 7. The molecule has 1 aliphatic heterocycles. The van der Waals surface area contributed by atoms with Crippen LogP contribution in [0.5, 0.6) is 11.5 Å². The van der Waals surface area contributed by atoms with Crippen molar-refractivity contribution in [1.82, 2.24) is 10.2 Å². The topological polar surface area (TPSA) is 67.9 Å². The predicted octanol–water partition coefficient (Wildman–Crippen LogP) is 3.63. The van der Waals surface area contributed by atoms with Gasteiger partial charge in [0.05, 0.1) is 6.61 Å². The number of hydrogen-bond donors (Lipinski definition) is 1. The summed E-state index contributed by atoms with van der Waals surface area (Å²) < 4.78 is 11.0. The highest BCUT2D eigenvalue weighted by molar-refractivity contribution is 5.76. The summed E-state index contributed by atoms with van der Waals surface area (Å²) in [7, 11) is 0. The Morgan fingerprint density at radius 2 is 1.54 bits per heavy atom. The Kier molecular flexibility index (Phi) is 7.29. The largest absolute Gasteiger partial charge is 0.494 e. The molecule has 0 atom stereocenters. The molecule has 1 fully saturated rings. The summed E-state index contributed by atoms with van der Waals surface area (Å²) in [5.74, 6) is 1.39. The highest BCUT2D eigenvalue weighted by Gasteiger charge is 2.25. The SMILES string of the molecule is O=C(CCCOc1ccccc1)NC1CCN(C(=O)Oc2ccccc2)CC1. The van der Waals surface area contributed by atoms with Gasteiger partial charge in [0.1, 0.15) is 11.5 Å². The molecule has 0 aliphatic carbocycles. The van der Waals surface area contributed by atoms with Gasteiger partial charge in [-0.15, -0.1) is 0 Å². The predicted molar refractivity (Wildman–Crippen MR) is 106 cm³/mol. The number of amides is 2. The van der Waals surface area contributed by atoms with Crippen LogP contribution in [0.2, 0.25) is 0 Å². The molecule has 3 rings (SSSR count). The Bertz CT molecular complexity index is 744. The van der Waals surface area contributed by atoms with Crippen molar-refractivity contribution in [2.24, 2.45) is 0 Å². The van der Waals surface area contributed by atoms with Crippen LogP contribution in [0.15, 0.2) is 60.7 Å². The van der Waals surface area contributed by atoms with Gasteiger partial charge in [0, 0.05) is 25.6 Å². The van der Waals surface area contributed by atoms with Gasteiger partial charge in [0.25, 0.3) is 0 Å². The van der Waals surface area contributed by atoms with Gasteiger partial charge in [0.15, 0.2) is 0 Å². The van der Waals surface area contributed by atoms with Crippen LogP contribution in [-0.2, 0) is 4.79 Å². The zero-order chi connectivity index (χ0) is 19.6. The molecule has 1 saturated heterocycles. The number of ether oxygens (including phenoxy) is 2. The smallest absolute Gasteiger partial charge is 0.415 e. The Balaban J connectivity index is 1.30. The van der Waals surface area contributed by atoms with E-state index in [1.54, 1.807) is 17.0 Å². The highest BCUT2D eigenvalue weighted by Crippen LogP contribution is 2.15. The number of hydrogen-bond acceptors (Lipinski definition) is 4. The fourth-order valence-corrected chi connectivity index (χ4v) is 3.10. The summed E-state index contributed by atoms with van der Waals surface area (Å²) in [5.41, 5.74) is 0. The van der Waals surface area contributed by atoms with E-state index in [0.717, 1.165) is 18.6 Å². The van der Waals surface area contributed by atoms with Crippen LogP contribution in [0, 0.1) is 0 Å².